The fourth-order valence-electron chi connectivity index (χ4n) is 3.30. The van der Waals surface area contributed by atoms with E-state index in [-0.39, 0.29) is 6.42 Å². The number of phosphoric ester groups is 2. The summed E-state index contributed by atoms with van der Waals surface area (Å²) in [5.41, 5.74) is 0. The topological polar surface area (TPSA) is 328 Å². The van der Waals surface area contributed by atoms with Gasteiger partial charge < -0.3 is 69.6 Å². The van der Waals surface area contributed by atoms with Crippen LogP contribution in [0.2, 0.25) is 0 Å². The molecule has 0 bridgehead atoms. The van der Waals surface area contributed by atoms with E-state index in [0.717, 1.165) is 0 Å². The molecule has 10 atom stereocenters. The second-order valence-electron chi connectivity index (χ2n) is 7.94. The highest BCUT2D eigenvalue weighted by atomic mass is 31.2. The molecule has 37 heavy (non-hydrogen) atoms. The van der Waals surface area contributed by atoms with E-state index in [1.54, 1.807) is 0 Å². The lowest BCUT2D eigenvalue weighted by molar-refractivity contribution is -0.230. The van der Waals surface area contributed by atoms with Crippen molar-refractivity contribution in [1.82, 2.24) is 0 Å². The van der Waals surface area contributed by atoms with Crippen molar-refractivity contribution >= 4 is 27.9 Å². The van der Waals surface area contributed by atoms with Crippen molar-refractivity contribution in [2.75, 3.05) is 13.2 Å². The summed E-state index contributed by atoms with van der Waals surface area (Å²) in [7, 11) is -9.53. The number of carboxylic acids is 1. The van der Waals surface area contributed by atoms with E-state index in [0.29, 0.717) is 6.29 Å². The molecular weight excluding hydrogens is 558 g/mol. The van der Waals surface area contributed by atoms with Crippen LogP contribution in [-0.2, 0) is 37.2 Å². The van der Waals surface area contributed by atoms with Gasteiger partial charge >= 0.3 is 21.6 Å². The van der Waals surface area contributed by atoms with Gasteiger partial charge in [0.25, 0.3) is 0 Å². The SMILES string of the molecule is O=C(O)C[C@H]1OC(COP(=O)(O)O)[C@@H](O)[C@H](O)C1O.O=CC[C@H]1OC(COP(=O)(O)O)[C@@H](O)[C@H](O)C1O. The molecule has 0 saturated carbocycles. The van der Waals surface area contributed by atoms with E-state index >= 15 is 0 Å². The number of carbonyl (C=O) groups excluding carboxylic acids is 1. The third-order valence-corrected chi connectivity index (χ3v) is 6.11. The number of aliphatic carboxylic acids is 1. The van der Waals surface area contributed by atoms with Crippen molar-refractivity contribution in [2.45, 2.75) is 73.9 Å². The first-order chi connectivity index (χ1) is 16.9. The zero-order valence-corrected chi connectivity index (χ0v) is 20.5. The van der Waals surface area contributed by atoms with Crippen molar-refractivity contribution < 1.29 is 92.6 Å². The number of carboxylic acid groups (broad SMARTS) is 1. The molecule has 0 amide bonds. The Kier molecular flexibility index (Phi) is 13.3. The number of phosphoric acid groups is 2. The summed E-state index contributed by atoms with van der Waals surface area (Å²) in [6.07, 6.45) is -15.0. The van der Waals surface area contributed by atoms with Gasteiger partial charge in [-0.05, 0) is 0 Å². The van der Waals surface area contributed by atoms with Crippen LogP contribution in [0.1, 0.15) is 12.8 Å². The highest BCUT2D eigenvalue weighted by Gasteiger charge is 2.45. The lowest BCUT2D eigenvalue weighted by atomic mass is 9.94. The number of hydrogen-bond acceptors (Lipinski definition) is 14. The lowest BCUT2D eigenvalue weighted by Crippen LogP contribution is -2.58. The molecule has 0 spiro atoms. The van der Waals surface area contributed by atoms with Crippen LogP contribution in [0.4, 0.5) is 0 Å². The molecule has 218 valence electrons. The Balaban J connectivity index is 0.000000371. The van der Waals surface area contributed by atoms with E-state index in [2.05, 4.69) is 9.05 Å². The molecule has 0 aliphatic carbocycles. The first-order valence-electron chi connectivity index (χ1n) is 10.3. The number of rotatable bonds is 10. The number of aliphatic hydroxyl groups is 6. The van der Waals surface area contributed by atoms with E-state index in [1.165, 1.54) is 0 Å². The lowest BCUT2D eigenvalue weighted by Gasteiger charge is -2.40. The molecule has 11 N–H and O–H groups in total. The largest absolute Gasteiger partial charge is 0.481 e. The number of carbonyl (C=O) groups is 2. The Morgan fingerprint density at radius 1 is 0.676 bits per heavy atom. The molecule has 2 aliphatic rings. The molecule has 0 aromatic rings. The molecule has 2 aliphatic heterocycles. The molecule has 2 rings (SSSR count). The number of ether oxygens (including phenoxy) is 2. The Labute approximate surface area is 208 Å². The van der Waals surface area contributed by atoms with Gasteiger partial charge in [0.05, 0.1) is 31.8 Å². The Bertz CT molecular complexity index is 829. The van der Waals surface area contributed by atoms with Crippen LogP contribution in [0.25, 0.3) is 0 Å². The highest BCUT2D eigenvalue weighted by Crippen LogP contribution is 2.38. The highest BCUT2D eigenvalue weighted by molar-refractivity contribution is 7.46. The van der Waals surface area contributed by atoms with Crippen LogP contribution in [-0.4, -0.2) is 142 Å². The summed E-state index contributed by atoms with van der Waals surface area (Å²) >= 11 is 0. The third-order valence-electron chi connectivity index (χ3n) is 5.14. The second-order valence-corrected chi connectivity index (χ2v) is 10.4. The maximum absolute atomic E-state index is 10.5. The quantitative estimate of drug-likeness (QED) is 0.0840. The van der Waals surface area contributed by atoms with Crippen molar-refractivity contribution in [3.05, 3.63) is 0 Å². The first kappa shape index (κ1) is 34.1. The van der Waals surface area contributed by atoms with Crippen molar-refractivity contribution in [2.24, 2.45) is 0 Å². The summed E-state index contributed by atoms with van der Waals surface area (Å²) in [6, 6.07) is 0. The molecule has 19 nitrogen and oxygen atoms in total. The summed E-state index contributed by atoms with van der Waals surface area (Å²) in [5.74, 6) is -1.30. The summed E-state index contributed by atoms with van der Waals surface area (Å²) < 4.78 is 39.3. The average Bonchev–Trinajstić information content (AvgIpc) is 2.77. The van der Waals surface area contributed by atoms with Gasteiger partial charge in [-0.3, -0.25) is 13.8 Å². The molecule has 4 unspecified atom stereocenters. The van der Waals surface area contributed by atoms with E-state index in [4.69, 9.17) is 34.2 Å². The van der Waals surface area contributed by atoms with Gasteiger partial charge in [0.1, 0.15) is 55.1 Å². The van der Waals surface area contributed by atoms with Crippen molar-refractivity contribution in [3.63, 3.8) is 0 Å². The monoisotopic (exact) mass is 588 g/mol. The molecule has 2 saturated heterocycles. The van der Waals surface area contributed by atoms with Crippen LogP contribution in [0.15, 0.2) is 0 Å². The smallest absolute Gasteiger partial charge is 0.469 e. The van der Waals surface area contributed by atoms with E-state index < -0.39 is 102 Å². The minimum absolute atomic E-state index is 0.225. The molecule has 21 heteroatoms. The third kappa shape index (κ3) is 11.4. The van der Waals surface area contributed by atoms with Crippen LogP contribution in [0, 0.1) is 0 Å². The molecule has 0 aromatic carbocycles. The number of aldehydes is 1. The molecule has 2 fully saturated rings. The Morgan fingerprint density at radius 2 is 1.03 bits per heavy atom. The standard InChI is InChI=1S/C8H15O10P.C8H15O9P/c9-5(10)1-3-6(11)8(13)7(12)4(18-3)2-17-19(14,15)16;9-2-1-4-6(10)8(12)7(11)5(17-4)3-16-18(13,14)15/h3-4,6-8,11-13H,1-2H2,(H,9,10)(H2,14,15,16);2,4-8,10-12H,1,3H2,(H2,13,14,15)/t3-,4?,6?,7-,8-;4-,5?,6?,7-,8-/m11/s1. The second kappa shape index (κ2) is 14.4. The number of aliphatic hydroxyl groups excluding tert-OH is 6. The minimum atomic E-state index is -4.79. The van der Waals surface area contributed by atoms with Crippen LogP contribution < -0.4 is 0 Å². The van der Waals surface area contributed by atoms with Crippen LogP contribution in [0.3, 0.4) is 0 Å². The van der Waals surface area contributed by atoms with Gasteiger partial charge in [-0.15, -0.1) is 0 Å². The fraction of sp³-hybridized carbons (Fsp3) is 0.875. The van der Waals surface area contributed by atoms with Crippen molar-refractivity contribution in [3.8, 4) is 0 Å². The Hall–Kier alpha value is -0.960. The molecule has 2 heterocycles. The Morgan fingerprint density at radius 3 is 1.38 bits per heavy atom. The van der Waals surface area contributed by atoms with Crippen molar-refractivity contribution in [1.29, 1.82) is 0 Å². The van der Waals surface area contributed by atoms with Crippen LogP contribution in [0.5, 0.6) is 0 Å². The molecule has 0 radical (unpaired) electrons. The molecular formula is C16H30O19P2. The summed E-state index contributed by atoms with van der Waals surface area (Å²) in [6.45, 7) is -1.43. The van der Waals surface area contributed by atoms with Gasteiger partial charge in [-0.1, -0.05) is 0 Å². The number of hydrogen-bond donors (Lipinski definition) is 11. The normalized spacial score (nSPS) is 36.8. The van der Waals surface area contributed by atoms with Gasteiger partial charge in [0.15, 0.2) is 0 Å². The summed E-state index contributed by atoms with van der Waals surface area (Å²) in [4.78, 5) is 54.9. The zero-order chi connectivity index (χ0) is 28.7. The predicted octanol–water partition coefficient (Wildman–Crippen LogP) is -5.04. The van der Waals surface area contributed by atoms with Gasteiger partial charge in [-0.25, -0.2) is 9.13 Å². The van der Waals surface area contributed by atoms with Gasteiger partial charge in [-0.2, -0.15) is 0 Å². The van der Waals surface area contributed by atoms with E-state index in [9.17, 15) is 49.4 Å². The van der Waals surface area contributed by atoms with E-state index in [1.807, 2.05) is 0 Å². The predicted molar refractivity (Wildman–Crippen MR) is 112 cm³/mol. The fourth-order valence-corrected chi connectivity index (χ4v) is 3.98. The van der Waals surface area contributed by atoms with Crippen LogP contribution >= 0.6 is 15.6 Å². The minimum Gasteiger partial charge on any atom is -0.481 e. The average molecular weight is 588 g/mol. The zero-order valence-electron chi connectivity index (χ0n) is 18.8. The maximum atomic E-state index is 10.5. The maximum Gasteiger partial charge on any atom is 0.469 e. The first-order valence-corrected chi connectivity index (χ1v) is 13.4. The molecule has 0 aromatic heterocycles. The summed E-state index contributed by atoms with van der Waals surface area (Å²) in [5, 5.41) is 65.7. The van der Waals surface area contributed by atoms with Gasteiger partial charge in [0.2, 0.25) is 0 Å². The van der Waals surface area contributed by atoms with Gasteiger partial charge in [0, 0.05) is 6.42 Å².